The molecule has 0 aromatic heterocycles. The Kier molecular flexibility index (Phi) is 6.77. The van der Waals surface area contributed by atoms with Gasteiger partial charge in [0.05, 0.1) is 6.04 Å². The standard InChI is InChI=1S/C19H27ClN2O5Si/c1-19(2,3)28(4,5)22-14(12-26-17(20)24)15(16(22)23)21-18(25)27-11-13-9-7-6-8-10-13/h6-10,14-15H,11-12H2,1-5H3,(H,21,25)/t14-,15+/m0/s1. The van der Waals surface area contributed by atoms with Crippen LogP contribution < -0.4 is 5.32 Å². The first-order valence-electron chi connectivity index (χ1n) is 9.08. The molecule has 2 amide bonds. The molecule has 0 saturated carbocycles. The van der Waals surface area contributed by atoms with Gasteiger partial charge in [-0.3, -0.25) is 4.79 Å². The second kappa shape index (κ2) is 8.53. The van der Waals surface area contributed by atoms with Gasteiger partial charge >= 0.3 is 11.5 Å². The van der Waals surface area contributed by atoms with Crippen molar-refractivity contribution < 1.29 is 23.9 Å². The Morgan fingerprint density at radius 3 is 2.32 bits per heavy atom. The number of hydrogen-bond donors (Lipinski definition) is 1. The topological polar surface area (TPSA) is 84.9 Å². The first-order chi connectivity index (χ1) is 12.9. The summed E-state index contributed by atoms with van der Waals surface area (Å²) in [5.74, 6) is -0.195. The third-order valence-electron chi connectivity index (χ3n) is 5.51. The Bertz CT molecular complexity index is 736. The molecule has 0 unspecified atom stereocenters. The summed E-state index contributed by atoms with van der Waals surface area (Å²) < 4.78 is 11.9. The second-order valence-corrected chi connectivity index (χ2v) is 13.7. The molecule has 0 spiro atoms. The molecular weight excluding hydrogens is 400 g/mol. The lowest BCUT2D eigenvalue weighted by Crippen LogP contribution is -2.79. The van der Waals surface area contributed by atoms with Crippen LogP contribution in [0, 0.1) is 0 Å². The van der Waals surface area contributed by atoms with Crippen molar-refractivity contribution in [2.24, 2.45) is 0 Å². The summed E-state index contributed by atoms with van der Waals surface area (Å²) >= 11 is 5.30. The molecule has 1 aliphatic rings. The SMILES string of the molecule is CC(C)(C)[Si](C)(C)N1C(=O)[C@H](NC(=O)OCc2ccccc2)[C@@H]1COC(=O)Cl. The summed E-state index contributed by atoms with van der Waals surface area (Å²) in [6.45, 7) is 10.4. The summed E-state index contributed by atoms with van der Waals surface area (Å²) in [6.07, 6.45) is -0.695. The van der Waals surface area contributed by atoms with E-state index in [-0.39, 0.29) is 24.2 Å². The van der Waals surface area contributed by atoms with Gasteiger partial charge in [0.1, 0.15) is 19.3 Å². The third kappa shape index (κ3) is 4.85. The summed E-state index contributed by atoms with van der Waals surface area (Å²) in [5.41, 5.74) is -0.104. The fourth-order valence-corrected chi connectivity index (χ4v) is 5.50. The highest BCUT2D eigenvalue weighted by Gasteiger charge is 2.58. The van der Waals surface area contributed by atoms with Crippen molar-refractivity contribution in [1.29, 1.82) is 0 Å². The Balaban J connectivity index is 2.06. The van der Waals surface area contributed by atoms with Crippen molar-refractivity contribution >= 4 is 37.3 Å². The molecule has 154 valence electrons. The lowest BCUT2D eigenvalue weighted by atomic mass is 10.00. The zero-order chi connectivity index (χ0) is 21.1. The van der Waals surface area contributed by atoms with Crippen molar-refractivity contribution in [3.63, 3.8) is 0 Å². The Morgan fingerprint density at radius 2 is 1.79 bits per heavy atom. The summed E-state index contributed by atoms with van der Waals surface area (Å²) in [4.78, 5) is 36.1. The largest absolute Gasteiger partial charge is 0.451 e. The molecule has 1 fully saturated rings. The molecule has 9 heteroatoms. The number of nitrogens with one attached hydrogen (secondary N) is 1. The summed E-state index contributed by atoms with van der Waals surface area (Å²) in [5, 5.41) is 2.49. The molecule has 1 aliphatic heterocycles. The van der Waals surface area contributed by atoms with Crippen LogP contribution in [0.2, 0.25) is 18.1 Å². The van der Waals surface area contributed by atoms with Crippen molar-refractivity contribution in [2.75, 3.05) is 6.61 Å². The van der Waals surface area contributed by atoms with Crippen molar-refractivity contribution in [3.05, 3.63) is 35.9 Å². The van der Waals surface area contributed by atoms with E-state index in [1.165, 1.54) is 0 Å². The molecule has 2 atom stereocenters. The Labute approximate surface area is 171 Å². The van der Waals surface area contributed by atoms with Gasteiger partial charge < -0.3 is 19.4 Å². The van der Waals surface area contributed by atoms with Crippen LogP contribution in [0.3, 0.4) is 0 Å². The van der Waals surface area contributed by atoms with Gasteiger partial charge in [0.15, 0.2) is 8.24 Å². The molecule has 0 bridgehead atoms. The number of benzene rings is 1. The van der Waals surface area contributed by atoms with Gasteiger partial charge in [-0.2, -0.15) is 0 Å². The molecular formula is C19H27ClN2O5Si. The van der Waals surface area contributed by atoms with Crippen LogP contribution >= 0.6 is 11.6 Å². The van der Waals surface area contributed by atoms with Crippen LogP contribution in [0.5, 0.6) is 0 Å². The van der Waals surface area contributed by atoms with Gasteiger partial charge in [-0.25, -0.2) is 9.59 Å². The lowest BCUT2D eigenvalue weighted by molar-refractivity contribution is -0.145. The highest BCUT2D eigenvalue weighted by molar-refractivity contribution is 6.80. The number of amides is 2. The van der Waals surface area contributed by atoms with E-state index in [4.69, 9.17) is 21.1 Å². The maximum Gasteiger partial charge on any atom is 0.408 e. The molecule has 0 radical (unpaired) electrons. The minimum Gasteiger partial charge on any atom is -0.451 e. The van der Waals surface area contributed by atoms with Gasteiger partial charge in [0, 0.05) is 11.6 Å². The number of nitrogens with zero attached hydrogens (tertiary/aromatic N) is 1. The van der Waals surface area contributed by atoms with E-state index >= 15 is 0 Å². The molecule has 28 heavy (non-hydrogen) atoms. The van der Waals surface area contributed by atoms with E-state index in [0.717, 1.165) is 5.56 Å². The predicted molar refractivity (Wildman–Crippen MR) is 109 cm³/mol. The first kappa shape index (κ1) is 22.2. The highest BCUT2D eigenvalue weighted by atomic mass is 35.5. The van der Waals surface area contributed by atoms with Crippen LogP contribution in [0.1, 0.15) is 26.3 Å². The number of hydrogen-bond acceptors (Lipinski definition) is 5. The van der Waals surface area contributed by atoms with Gasteiger partial charge in [-0.1, -0.05) is 64.2 Å². The average Bonchev–Trinajstić information content (AvgIpc) is 2.60. The zero-order valence-corrected chi connectivity index (χ0v) is 18.6. The van der Waals surface area contributed by atoms with E-state index < -0.39 is 31.8 Å². The van der Waals surface area contributed by atoms with Crippen LogP contribution in [0.25, 0.3) is 0 Å². The smallest absolute Gasteiger partial charge is 0.408 e. The van der Waals surface area contributed by atoms with Gasteiger partial charge in [0.2, 0.25) is 5.91 Å². The normalized spacial score (nSPS) is 19.6. The van der Waals surface area contributed by atoms with Crippen LogP contribution in [-0.2, 0) is 20.9 Å². The van der Waals surface area contributed by atoms with E-state index in [0.29, 0.717) is 0 Å². The monoisotopic (exact) mass is 426 g/mol. The van der Waals surface area contributed by atoms with Crippen LogP contribution in [0.15, 0.2) is 30.3 Å². The number of alkyl carbamates (subject to hydrolysis) is 1. The minimum atomic E-state index is -2.23. The minimum absolute atomic E-state index is 0.0792. The van der Waals surface area contributed by atoms with Crippen molar-refractivity contribution in [1.82, 2.24) is 9.88 Å². The molecule has 2 rings (SSSR count). The second-order valence-electron chi connectivity index (χ2n) is 8.32. The predicted octanol–water partition coefficient (Wildman–Crippen LogP) is 3.87. The lowest BCUT2D eigenvalue weighted by Gasteiger charge is -2.57. The number of ether oxygens (including phenoxy) is 2. The zero-order valence-electron chi connectivity index (χ0n) is 16.8. The molecule has 1 saturated heterocycles. The number of β-lactam (4-membered cyclic amide) rings is 1. The van der Waals surface area contributed by atoms with Crippen LogP contribution in [0.4, 0.5) is 9.59 Å². The molecule has 1 aromatic rings. The van der Waals surface area contributed by atoms with Gasteiger partial charge in [-0.05, 0) is 10.6 Å². The summed E-state index contributed by atoms with van der Waals surface area (Å²) in [6, 6.07) is 7.95. The highest BCUT2D eigenvalue weighted by Crippen LogP contribution is 2.43. The first-order valence-corrected chi connectivity index (χ1v) is 12.4. The van der Waals surface area contributed by atoms with Crippen molar-refractivity contribution in [3.8, 4) is 0 Å². The molecule has 1 aromatic carbocycles. The van der Waals surface area contributed by atoms with Gasteiger partial charge in [0.25, 0.3) is 0 Å². The average molecular weight is 427 g/mol. The van der Waals surface area contributed by atoms with E-state index in [2.05, 4.69) is 39.2 Å². The van der Waals surface area contributed by atoms with Crippen molar-refractivity contribution in [2.45, 2.75) is 57.6 Å². The maximum atomic E-state index is 12.8. The number of carbonyl (C=O) groups is 3. The van der Waals surface area contributed by atoms with E-state index in [1.807, 2.05) is 30.3 Å². The van der Waals surface area contributed by atoms with Crippen LogP contribution in [-0.4, -0.2) is 48.9 Å². The third-order valence-corrected chi connectivity index (χ3v) is 11.0. The summed E-state index contributed by atoms with van der Waals surface area (Å²) in [7, 11) is -2.23. The molecule has 1 N–H and O–H groups in total. The van der Waals surface area contributed by atoms with E-state index in [9.17, 15) is 14.4 Å². The quantitative estimate of drug-likeness (QED) is 0.424. The van der Waals surface area contributed by atoms with E-state index in [1.54, 1.807) is 4.57 Å². The fourth-order valence-electron chi connectivity index (χ4n) is 2.97. The molecule has 1 heterocycles. The fraction of sp³-hybridized carbons (Fsp3) is 0.526. The molecule has 7 nitrogen and oxygen atoms in total. The number of rotatable bonds is 6. The number of carbonyl (C=O) groups excluding carboxylic acids is 3. The Morgan fingerprint density at radius 1 is 1.18 bits per heavy atom. The number of halogens is 1. The Hall–Kier alpha value is -2.06. The van der Waals surface area contributed by atoms with Gasteiger partial charge in [-0.15, -0.1) is 0 Å². The molecule has 0 aliphatic carbocycles. The maximum absolute atomic E-state index is 12.8.